The van der Waals surface area contributed by atoms with Crippen LogP contribution in [-0.2, 0) is 9.59 Å². The lowest BCUT2D eigenvalue weighted by atomic mass is 9.95. The molecule has 0 radical (unpaired) electrons. The molecule has 0 unspecified atom stereocenters. The molecule has 35 heavy (non-hydrogen) atoms. The maximum Gasteiger partial charge on any atom is 0.246 e. The molecule has 4 aliphatic rings. The number of amides is 2. The third kappa shape index (κ3) is 4.83. The average molecular weight is 476 g/mol. The zero-order valence-electron chi connectivity index (χ0n) is 20.2. The van der Waals surface area contributed by atoms with E-state index in [1.807, 2.05) is 11.0 Å². The van der Waals surface area contributed by atoms with Gasteiger partial charge in [-0.15, -0.1) is 0 Å². The lowest BCUT2D eigenvalue weighted by molar-refractivity contribution is -0.135. The van der Waals surface area contributed by atoms with E-state index >= 15 is 0 Å². The molecule has 2 amide bonds. The Morgan fingerprint density at radius 3 is 2.69 bits per heavy atom. The van der Waals surface area contributed by atoms with Gasteiger partial charge < -0.3 is 19.8 Å². The van der Waals surface area contributed by atoms with Crippen LogP contribution < -0.4 is 4.90 Å². The molecule has 3 heterocycles. The minimum atomic E-state index is -0.130. The summed E-state index contributed by atoms with van der Waals surface area (Å²) >= 11 is 0. The fourth-order valence-electron chi connectivity index (χ4n) is 5.46. The Hall–Kier alpha value is -3.18. The van der Waals surface area contributed by atoms with Crippen LogP contribution in [0.5, 0.6) is 0 Å². The molecule has 184 valence electrons. The van der Waals surface area contributed by atoms with Gasteiger partial charge in [0, 0.05) is 50.6 Å². The van der Waals surface area contributed by atoms with Crippen LogP contribution in [0.3, 0.4) is 0 Å². The summed E-state index contributed by atoms with van der Waals surface area (Å²) in [7, 11) is 0. The summed E-state index contributed by atoms with van der Waals surface area (Å²) in [5.74, 6) is 1.51. The lowest BCUT2D eigenvalue weighted by Crippen LogP contribution is -2.56. The molecule has 8 nitrogen and oxygen atoms in total. The number of nitrogens with zero attached hydrogens (tertiary/aromatic N) is 5. The van der Waals surface area contributed by atoms with E-state index in [0.717, 1.165) is 48.9 Å². The summed E-state index contributed by atoms with van der Waals surface area (Å²) < 4.78 is 0. The van der Waals surface area contributed by atoms with Crippen molar-refractivity contribution in [2.75, 3.05) is 44.2 Å². The van der Waals surface area contributed by atoms with Crippen molar-refractivity contribution >= 4 is 23.2 Å². The van der Waals surface area contributed by atoms with Crippen molar-refractivity contribution in [3.63, 3.8) is 0 Å². The SMILES string of the molecule is C=CC(=O)N1CCC=C(c2cc(C#N)c(N3CCN(C(=O)CCO)[C@H](C4CC4)C3)nc2C2CC2)C1. The van der Waals surface area contributed by atoms with Crippen molar-refractivity contribution in [1.82, 2.24) is 14.8 Å². The summed E-state index contributed by atoms with van der Waals surface area (Å²) in [6.45, 7) is 6.53. The second-order valence-corrected chi connectivity index (χ2v) is 10.1. The maximum absolute atomic E-state index is 12.6. The average Bonchev–Trinajstić information content (AvgIpc) is 3.80. The van der Waals surface area contributed by atoms with E-state index in [1.54, 1.807) is 4.90 Å². The summed E-state index contributed by atoms with van der Waals surface area (Å²) in [4.78, 5) is 35.9. The second-order valence-electron chi connectivity index (χ2n) is 10.1. The van der Waals surface area contributed by atoms with E-state index in [-0.39, 0.29) is 30.9 Å². The number of aliphatic hydroxyl groups excluding tert-OH is 1. The molecule has 1 aromatic heterocycles. The first-order chi connectivity index (χ1) is 17.0. The van der Waals surface area contributed by atoms with Crippen molar-refractivity contribution in [3.05, 3.63) is 41.6 Å². The lowest BCUT2D eigenvalue weighted by Gasteiger charge is -2.42. The molecule has 1 atom stereocenters. The molecule has 8 heteroatoms. The molecule has 2 aliphatic heterocycles. The Kier molecular flexibility index (Phi) is 6.61. The van der Waals surface area contributed by atoms with Crippen molar-refractivity contribution in [3.8, 4) is 6.07 Å². The standard InChI is InChI=1S/C27H33N5O3/c1-2-24(34)30-10-3-4-20(16-30)22-14-21(15-28)27(29-26(22)19-7-8-19)31-11-12-32(25(35)9-13-33)23(17-31)18-5-6-18/h2,4,14,18-19,23,33H,1,3,5-13,16-17H2/t23-/m0/s1. The molecule has 0 aromatic carbocycles. The highest BCUT2D eigenvalue weighted by Crippen LogP contribution is 2.45. The fraction of sp³-hybridized carbons (Fsp3) is 0.556. The molecule has 5 rings (SSSR count). The normalized spacial score (nSPS) is 22.5. The van der Waals surface area contributed by atoms with Gasteiger partial charge in [0.2, 0.25) is 11.8 Å². The zero-order valence-corrected chi connectivity index (χ0v) is 20.2. The quantitative estimate of drug-likeness (QED) is 0.608. The van der Waals surface area contributed by atoms with Crippen molar-refractivity contribution in [1.29, 1.82) is 5.26 Å². The summed E-state index contributed by atoms with van der Waals surface area (Å²) in [5, 5.41) is 19.3. The molecular formula is C27H33N5O3. The Morgan fingerprint density at radius 2 is 2.03 bits per heavy atom. The van der Waals surface area contributed by atoms with Gasteiger partial charge >= 0.3 is 0 Å². The van der Waals surface area contributed by atoms with Crippen molar-refractivity contribution in [2.45, 2.75) is 50.5 Å². The topological polar surface area (TPSA) is 101 Å². The second kappa shape index (κ2) is 9.82. The van der Waals surface area contributed by atoms with Crippen LogP contribution in [0.4, 0.5) is 5.82 Å². The Balaban J connectivity index is 1.45. The Labute approximate surface area is 206 Å². The van der Waals surface area contributed by atoms with Gasteiger partial charge in [-0.25, -0.2) is 4.98 Å². The van der Waals surface area contributed by atoms with Gasteiger partial charge in [0.25, 0.3) is 0 Å². The first kappa shape index (κ1) is 23.6. The first-order valence-corrected chi connectivity index (χ1v) is 12.7. The van der Waals surface area contributed by atoms with Gasteiger partial charge in [0.05, 0.1) is 23.9 Å². The predicted octanol–water partition coefficient (Wildman–Crippen LogP) is 2.44. The molecule has 1 saturated heterocycles. The summed E-state index contributed by atoms with van der Waals surface area (Å²) in [6.07, 6.45) is 8.85. The van der Waals surface area contributed by atoms with Gasteiger partial charge in [-0.1, -0.05) is 12.7 Å². The number of carbonyl (C=O) groups is 2. The van der Waals surface area contributed by atoms with Crippen LogP contribution in [-0.4, -0.2) is 77.1 Å². The van der Waals surface area contributed by atoms with Crippen LogP contribution in [0.25, 0.3) is 5.57 Å². The van der Waals surface area contributed by atoms with Gasteiger partial charge in [-0.05, 0) is 55.7 Å². The number of anilines is 1. The Bertz CT molecular complexity index is 1100. The number of aromatic nitrogens is 1. The number of aliphatic hydroxyl groups is 1. The number of hydrogen-bond acceptors (Lipinski definition) is 6. The zero-order chi connectivity index (χ0) is 24.5. The van der Waals surface area contributed by atoms with E-state index in [0.29, 0.717) is 55.9 Å². The largest absolute Gasteiger partial charge is 0.396 e. The van der Waals surface area contributed by atoms with E-state index in [4.69, 9.17) is 4.98 Å². The van der Waals surface area contributed by atoms with Crippen molar-refractivity contribution < 1.29 is 14.7 Å². The molecule has 2 aliphatic carbocycles. The highest BCUT2D eigenvalue weighted by molar-refractivity contribution is 5.89. The van der Waals surface area contributed by atoms with Crippen LogP contribution in [0, 0.1) is 17.2 Å². The molecule has 0 spiro atoms. The third-order valence-corrected chi connectivity index (χ3v) is 7.63. The molecule has 3 fully saturated rings. The van der Waals surface area contributed by atoms with Gasteiger partial charge in [-0.3, -0.25) is 9.59 Å². The number of carbonyl (C=O) groups excluding carboxylic acids is 2. The third-order valence-electron chi connectivity index (χ3n) is 7.63. The van der Waals surface area contributed by atoms with Gasteiger partial charge in [-0.2, -0.15) is 5.26 Å². The Morgan fingerprint density at radius 1 is 1.23 bits per heavy atom. The molecule has 1 N–H and O–H groups in total. The number of piperazine rings is 1. The number of nitriles is 1. The molecule has 1 aromatic rings. The van der Waals surface area contributed by atoms with E-state index in [1.165, 1.54) is 6.08 Å². The van der Waals surface area contributed by atoms with E-state index < -0.39 is 0 Å². The number of pyridine rings is 1. The van der Waals surface area contributed by atoms with Crippen molar-refractivity contribution in [2.24, 2.45) is 5.92 Å². The minimum absolute atomic E-state index is 0.00870. The monoisotopic (exact) mass is 475 g/mol. The number of rotatable bonds is 7. The first-order valence-electron chi connectivity index (χ1n) is 12.7. The summed E-state index contributed by atoms with van der Waals surface area (Å²) in [5.41, 5.74) is 3.62. The van der Waals surface area contributed by atoms with Gasteiger partial charge in [0.15, 0.2) is 0 Å². The highest BCUT2D eigenvalue weighted by Gasteiger charge is 2.41. The van der Waals surface area contributed by atoms with Gasteiger partial charge in [0.1, 0.15) is 11.9 Å². The maximum atomic E-state index is 12.6. The van der Waals surface area contributed by atoms with Crippen LogP contribution in [0.2, 0.25) is 0 Å². The van der Waals surface area contributed by atoms with Crippen LogP contribution in [0.1, 0.15) is 61.3 Å². The number of hydrogen-bond donors (Lipinski definition) is 1. The van der Waals surface area contributed by atoms with Crippen LogP contribution >= 0.6 is 0 Å². The molecule has 0 bridgehead atoms. The fourth-order valence-corrected chi connectivity index (χ4v) is 5.46. The highest BCUT2D eigenvalue weighted by atomic mass is 16.3. The smallest absolute Gasteiger partial charge is 0.246 e. The molecule has 2 saturated carbocycles. The summed E-state index contributed by atoms with van der Waals surface area (Å²) in [6, 6.07) is 4.44. The molecular weight excluding hydrogens is 442 g/mol. The minimum Gasteiger partial charge on any atom is -0.396 e. The van der Waals surface area contributed by atoms with Crippen LogP contribution in [0.15, 0.2) is 24.8 Å². The van der Waals surface area contributed by atoms with E-state index in [2.05, 4.69) is 23.6 Å². The van der Waals surface area contributed by atoms with E-state index in [9.17, 15) is 20.0 Å². The predicted molar refractivity (Wildman–Crippen MR) is 132 cm³/mol.